The summed E-state index contributed by atoms with van der Waals surface area (Å²) in [5.41, 5.74) is -9.50. The van der Waals surface area contributed by atoms with Crippen LogP contribution in [0.1, 0.15) is 11.1 Å². The first-order valence-corrected chi connectivity index (χ1v) is 9.97. The zero-order valence-corrected chi connectivity index (χ0v) is 15.6. The normalized spacial score (nSPS) is 13.8. The van der Waals surface area contributed by atoms with Crippen LogP contribution in [0, 0.1) is 0 Å². The van der Waals surface area contributed by atoms with Crippen molar-refractivity contribution in [3.8, 4) is 5.75 Å². The van der Waals surface area contributed by atoms with Crippen molar-refractivity contribution < 1.29 is 56.7 Å². The van der Waals surface area contributed by atoms with Crippen LogP contribution >= 0.6 is 7.80 Å². The predicted octanol–water partition coefficient (Wildman–Crippen LogP) is 4.73. The molecule has 0 saturated heterocycles. The summed E-state index contributed by atoms with van der Waals surface area (Å²) in [6.07, 6.45) is -10.5. The van der Waals surface area contributed by atoms with Gasteiger partial charge < -0.3 is 4.18 Å². The summed E-state index contributed by atoms with van der Waals surface area (Å²) >= 11 is 0. The molecule has 0 heterocycles. The minimum absolute atomic E-state index is 0.114. The van der Waals surface area contributed by atoms with E-state index in [1.54, 1.807) is 0 Å². The molecule has 15 heteroatoms. The van der Waals surface area contributed by atoms with E-state index in [4.69, 9.17) is 0 Å². The van der Waals surface area contributed by atoms with E-state index < -0.39 is 63.3 Å². The first-order valence-electron chi connectivity index (χ1n) is 7.30. The Hall–Kier alpha value is -2.34. The Labute approximate surface area is 163 Å². The molecule has 0 saturated carbocycles. The van der Waals surface area contributed by atoms with Crippen molar-refractivity contribution in [2.75, 3.05) is 0 Å². The fourth-order valence-electron chi connectivity index (χ4n) is 2.06. The molecule has 0 aliphatic heterocycles. The van der Waals surface area contributed by atoms with Gasteiger partial charge in [0.1, 0.15) is 0 Å². The molecule has 2 rings (SSSR count). The van der Waals surface area contributed by atoms with Crippen molar-refractivity contribution in [1.29, 1.82) is 0 Å². The van der Waals surface area contributed by atoms with Crippen molar-refractivity contribution in [3.05, 3.63) is 53.6 Å². The molecule has 1 atom stereocenters. The number of hydrogen-bond donors (Lipinski definition) is 0. The second kappa shape index (κ2) is 7.73. The number of halogens is 9. The molecular weight excluding hydrogens is 478 g/mol. The Morgan fingerprint density at radius 2 is 1.23 bits per heavy atom. The van der Waals surface area contributed by atoms with Crippen molar-refractivity contribution in [3.63, 3.8) is 0 Å². The van der Waals surface area contributed by atoms with Gasteiger partial charge in [-0.05, 0) is 18.2 Å². The van der Waals surface area contributed by atoms with E-state index in [9.17, 15) is 52.5 Å². The number of alkyl halides is 9. The first-order chi connectivity index (χ1) is 13.4. The third kappa shape index (κ3) is 5.22. The molecule has 4 nitrogen and oxygen atoms in total. The summed E-state index contributed by atoms with van der Waals surface area (Å²) in [7, 11) is -9.65. The van der Waals surface area contributed by atoms with Gasteiger partial charge in [0, 0.05) is 12.1 Å². The van der Waals surface area contributed by atoms with E-state index >= 15 is 0 Å². The standard InChI is InChI=1S/C15H7F9O4PS/c16-13(17,18)8-5-9(14(19,20)21)7-10(6-8)29(25)12-4-2-1-3-11(12)28-30(26,27)15(22,23)24/h1-7H/q+1. The summed E-state index contributed by atoms with van der Waals surface area (Å²) in [6, 6.07) is 3.34. The first kappa shape index (κ1) is 23.9. The average molecular weight is 485 g/mol. The third-order valence-corrected chi connectivity index (χ3v) is 5.87. The number of benzene rings is 2. The average Bonchev–Trinajstić information content (AvgIpc) is 2.58. The van der Waals surface area contributed by atoms with E-state index in [2.05, 4.69) is 4.18 Å². The molecule has 0 radical (unpaired) electrons. The van der Waals surface area contributed by atoms with E-state index in [1.807, 2.05) is 0 Å². The second-order valence-corrected chi connectivity index (χ2v) is 8.63. The third-order valence-electron chi connectivity index (χ3n) is 3.37. The van der Waals surface area contributed by atoms with Crippen LogP contribution in [0.15, 0.2) is 42.5 Å². The summed E-state index contributed by atoms with van der Waals surface area (Å²) < 4.78 is 154. The summed E-state index contributed by atoms with van der Waals surface area (Å²) in [5, 5.41) is -1.90. The second-order valence-electron chi connectivity index (χ2n) is 5.51. The van der Waals surface area contributed by atoms with Gasteiger partial charge in [0.15, 0.2) is 11.1 Å². The molecule has 1 unspecified atom stereocenters. The van der Waals surface area contributed by atoms with Gasteiger partial charge in [-0.2, -0.15) is 47.9 Å². The lowest BCUT2D eigenvalue weighted by atomic mass is 10.1. The van der Waals surface area contributed by atoms with Crippen molar-refractivity contribution >= 4 is 28.5 Å². The molecule has 0 aliphatic rings. The predicted molar refractivity (Wildman–Crippen MR) is 85.4 cm³/mol. The molecule has 2 aromatic rings. The SMILES string of the molecule is O=[P+](c1cc(C(F)(F)F)cc(C(F)(F)F)c1)c1ccccc1OS(=O)(=O)C(F)(F)F. The van der Waals surface area contributed by atoms with Crippen LogP contribution in [-0.4, -0.2) is 13.9 Å². The highest BCUT2D eigenvalue weighted by molar-refractivity contribution is 7.88. The zero-order chi connectivity index (χ0) is 23.1. The van der Waals surface area contributed by atoms with E-state index in [-0.39, 0.29) is 18.2 Å². The summed E-state index contributed by atoms with van der Waals surface area (Å²) in [4.78, 5) is 0. The van der Waals surface area contributed by atoms with Gasteiger partial charge in [-0.25, -0.2) is 0 Å². The van der Waals surface area contributed by atoms with E-state index in [0.29, 0.717) is 6.07 Å². The molecule has 0 fully saturated rings. The maximum absolute atomic E-state index is 12.9. The largest absolute Gasteiger partial charge is 0.534 e. The molecule has 0 N–H and O–H groups in total. The Kier molecular flexibility index (Phi) is 6.17. The molecule has 0 amide bonds. The van der Waals surface area contributed by atoms with Gasteiger partial charge in [0.05, 0.1) is 11.1 Å². The Morgan fingerprint density at radius 3 is 1.67 bits per heavy atom. The minimum atomic E-state index is -6.24. The highest BCUT2D eigenvalue weighted by atomic mass is 32.2. The van der Waals surface area contributed by atoms with Crippen LogP contribution in [0.4, 0.5) is 39.5 Å². The molecule has 0 spiro atoms. The van der Waals surface area contributed by atoms with E-state index in [0.717, 1.165) is 18.2 Å². The highest BCUT2D eigenvalue weighted by Gasteiger charge is 2.49. The topological polar surface area (TPSA) is 60.4 Å². The molecule has 30 heavy (non-hydrogen) atoms. The molecule has 2 aromatic carbocycles. The fourth-order valence-corrected chi connectivity index (χ4v) is 3.93. The lowest BCUT2D eigenvalue weighted by molar-refractivity contribution is -0.142. The lowest BCUT2D eigenvalue weighted by Gasteiger charge is -2.12. The Morgan fingerprint density at radius 1 is 0.767 bits per heavy atom. The van der Waals surface area contributed by atoms with Gasteiger partial charge in [-0.3, -0.25) is 0 Å². The van der Waals surface area contributed by atoms with Crippen LogP contribution in [0.2, 0.25) is 0 Å². The molecular formula is C15H7F9O4PS+. The molecule has 0 aromatic heterocycles. The van der Waals surface area contributed by atoms with Crippen LogP contribution in [0.5, 0.6) is 5.75 Å². The van der Waals surface area contributed by atoms with Gasteiger partial charge in [-0.15, -0.1) is 0 Å². The Bertz CT molecular complexity index is 1040. The molecule has 0 bridgehead atoms. The lowest BCUT2D eigenvalue weighted by Crippen LogP contribution is -2.29. The maximum atomic E-state index is 12.9. The summed E-state index contributed by atoms with van der Waals surface area (Å²) in [6.45, 7) is 0. The van der Waals surface area contributed by atoms with Gasteiger partial charge in [-0.1, -0.05) is 16.7 Å². The van der Waals surface area contributed by atoms with Crippen molar-refractivity contribution in [2.24, 2.45) is 0 Å². The van der Waals surface area contributed by atoms with Crippen LogP contribution < -0.4 is 14.8 Å². The van der Waals surface area contributed by atoms with Gasteiger partial charge >= 0.3 is 35.8 Å². The maximum Gasteiger partial charge on any atom is 0.534 e. The Balaban J connectivity index is 2.63. The number of rotatable bonds is 4. The summed E-state index contributed by atoms with van der Waals surface area (Å²) in [5.74, 6) is -1.16. The molecule has 164 valence electrons. The van der Waals surface area contributed by atoms with Crippen molar-refractivity contribution in [1.82, 2.24) is 0 Å². The van der Waals surface area contributed by atoms with Gasteiger partial charge in [0.25, 0.3) is 0 Å². The zero-order valence-electron chi connectivity index (χ0n) is 13.9. The quantitative estimate of drug-likeness (QED) is 0.272. The number of para-hydroxylation sites is 1. The molecule has 0 aliphatic carbocycles. The van der Waals surface area contributed by atoms with Crippen LogP contribution in [-0.2, 0) is 27.0 Å². The number of hydrogen-bond acceptors (Lipinski definition) is 4. The van der Waals surface area contributed by atoms with Crippen LogP contribution in [0.25, 0.3) is 0 Å². The monoisotopic (exact) mass is 485 g/mol. The fraction of sp³-hybridized carbons (Fsp3) is 0.200. The van der Waals surface area contributed by atoms with E-state index in [1.165, 1.54) is 0 Å². The van der Waals surface area contributed by atoms with Crippen molar-refractivity contribution in [2.45, 2.75) is 17.9 Å². The van der Waals surface area contributed by atoms with Crippen LogP contribution in [0.3, 0.4) is 0 Å². The highest BCUT2D eigenvalue weighted by Crippen LogP contribution is 2.38. The smallest absolute Gasteiger partial charge is 0.371 e. The van der Waals surface area contributed by atoms with Gasteiger partial charge in [0.2, 0.25) is 5.30 Å². The minimum Gasteiger partial charge on any atom is -0.371 e.